The van der Waals surface area contributed by atoms with E-state index in [1.165, 1.54) is 13.2 Å². The predicted molar refractivity (Wildman–Crippen MR) is 104 cm³/mol. The molecular weight excluding hydrogens is 368 g/mol. The summed E-state index contributed by atoms with van der Waals surface area (Å²) >= 11 is 5.91. The van der Waals surface area contributed by atoms with Crippen LogP contribution in [0.2, 0.25) is 5.02 Å². The number of hydrogen-bond acceptors (Lipinski definition) is 4. The summed E-state index contributed by atoms with van der Waals surface area (Å²) in [7, 11) is 1.47. The third-order valence-corrected chi connectivity index (χ3v) is 4.21. The van der Waals surface area contributed by atoms with Crippen LogP contribution in [0.25, 0.3) is 11.0 Å². The summed E-state index contributed by atoms with van der Waals surface area (Å²) in [4.78, 5) is 24.0. The quantitative estimate of drug-likeness (QED) is 0.499. The molecule has 1 heterocycles. The van der Waals surface area contributed by atoms with Crippen molar-refractivity contribution in [2.75, 3.05) is 19.0 Å². The average Bonchev–Trinajstić information content (AvgIpc) is 3.08. The lowest BCUT2D eigenvalue weighted by molar-refractivity contribution is -0.136. The first-order chi connectivity index (χ1) is 13.1. The van der Waals surface area contributed by atoms with Gasteiger partial charge in [0.25, 0.3) is 0 Å². The van der Waals surface area contributed by atoms with E-state index in [2.05, 4.69) is 10.6 Å². The standard InChI is InChI=1S/C20H19ClN2O4/c1-26-18-9-8-14(21)12-16(18)23-20(25)19(24)22-10-4-6-15-11-13-5-2-3-7-17(13)27-15/h2-3,5,7-9,11-12H,4,6,10H2,1H3,(H,22,24)(H,23,25). The fourth-order valence-corrected chi connectivity index (χ4v) is 2.83. The zero-order chi connectivity index (χ0) is 19.2. The molecule has 0 aliphatic heterocycles. The molecule has 27 heavy (non-hydrogen) atoms. The zero-order valence-electron chi connectivity index (χ0n) is 14.8. The second-order valence-corrected chi connectivity index (χ2v) is 6.35. The molecule has 0 bridgehead atoms. The number of furan rings is 1. The number of nitrogens with one attached hydrogen (secondary N) is 2. The number of amides is 2. The number of rotatable bonds is 6. The summed E-state index contributed by atoms with van der Waals surface area (Å²) in [5, 5.41) is 6.57. The van der Waals surface area contributed by atoms with Crippen molar-refractivity contribution in [1.29, 1.82) is 0 Å². The first-order valence-electron chi connectivity index (χ1n) is 8.47. The predicted octanol–water partition coefficient (Wildman–Crippen LogP) is 3.78. The topological polar surface area (TPSA) is 80.6 Å². The Hall–Kier alpha value is -2.99. The first-order valence-corrected chi connectivity index (χ1v) is 8.85. The molecule has 0 aliphatic rings. The van der Waals surface area contributed by atoms with Crippen LogP contribution in [0, 0.1) is 0 Å². The maximum absolute atomic E-state index is 12.0. The van der Waals surface area contributed by atoms with Crippen LogP contribution in [0.15, 0.2) is 52.9 Å². The third kappa shape index (κ3) is 4.80. The van der Waals surface area contributed by atoms with Crippen LogP contribution in [0.1, 0.15) is 12.2 Å². The van der Waals surface area contributed by atoms with Crippen molar-refractivity contribution in [3.63, 3.8) is 0 Å². The zero-order valence-corrected chi connectivity index (χ0v) is 15.5. The lowest BCUT2D eigenvalue weighted by atomic mass is 10.2. The Morgan fingerprint density at radius 2 is 1.93 bits per heavy atom. The van der Waals surface area contributed by atoms with Gasteiger partial charge < -0.3 is 19.8 Å². The van der Waals surface area contributed by atoms with Crippen LogP contribution >= 0.6 is 11.6 Å². The lowest BCUT2D eigenvalue weighted by Gasteiger charge is -2.10. The van der Waals surface area contributed by atoms with E-state index in [9.17, 15) is 9.59 Å². The van der Waals surface area contributed by atoms with Crippen molar-refractivity contribution >= 4 is 40.1 Å². The van der Waals surface area contributed by atoms with Crippen LogP contribution in [-0.4, -0.2) is 25.5 Å². The maximum Gasteiger partial charge on any atom is 0.313 e. The molecule has 0 unspecified atom stereocenters. The SMILES string of the molecule is COc1ccc(Cl)cc1NC(=O)C(=O)NCCCc1cc2ccccc2o1. The van der Waals surface area contributed by atoms with E-state index in [-0.39, 0.29) is 0 Å². The van der Waals surface area contributed by atoms with Crippen LogP contribution < -0.4 is 15.4 Å². The molecule has 140 valence electrons. The summed E-state index contributed by atoms with van der Waals surface area (Å²) in [6.45, 7) is 0.357. The number of anilines is 1. The molecule has 0 spiro atoms. The lowest BCUT2D eigenvalue weighted by Crippen LogP contribution is -2.36. The van der Waals surface area contributed by atoms with E-state index in [0.717, 1.165) is 16.7 Å². The molecule has 2 aromatic carbocycles. The van der Waals surface area contributed by atoms with Crippen LogP contribution in [0.5, 0.6) is 5.75 Å². The van der Waals surface area contributed by atoms with Crippen molar-refractivity contribution in [3.05, 3.63) is 59.3 Å². The van der Waals surface area contributed by atoms with Gasteiger partial charge in [-0.15, -0.1) is 0 Å². The molecule has 0 atom stereocenters. The summed E-state index contributed by atoms with van der Waals surface area (Å²) in [6.07, 6.45) is 1.32. The Kier molecular flexibility index (Phi) is 5.98. The first kappa shape index (κ1) is 18.8. The van der Waals surface area contributed by atoms with E-state index in [0.29, 0.717) is 35.8 Å². The van der Waals surface area contributed by atoms with Gasteiger partial charge in [-0.2, -0.15) is 0 Å². The number of aryl methyl sites for hydroxylation is 1. The van der Waals surface area contributed by atoms with Gasteiger partial charge >= 0.3 is 11.8 Å². The number of hydrogen-bond donors (Lipinski definition) is 2. The molecule has 7 heteroatoms. The van der Waals surface area contributed by atoms with Crippen molar-refractivity contribution in [2.24, 2.45) is 0 Å². The Bertz CT molecular complexity index is 935. The molecule has 0 saturated heterocycles. The highest BCUT2D eigenvalue weighted by atomic mass is 35.5. The number of halogens is 1. The van der Waals surface area contributed by atoms with Gasteiger partial charge in [0.15, 0.2) is 0 Å². The van der Waals surface area contributed by atoms with Crippen molar-refractivity contribution < 1.29 is 18.7 Å². The van der Waals surface area contributed by atoms with E-state index < -0.39 is 11.8 Å². The number of ether oxygens (including phenoxy) is 1. The molecule has 2 N–H and O–H groups in total. The third-order valence-electron chi connectivity index (χ3n) is 3.98. The van der Waals surface area contributed by atoms with Crippen molar-refractivity contribution in [1.82, 2.24) is 5.32 Å². The molecule has 0 saturated carbocycles. The largest absolute Gasteiger partial charge is 0.495 e. The highest BCUT2D eigenvalue weighted by molar-refractivity contribution is 6.40. The maximum atomic E-state index is 12.0. The average molecular weight is 387 g/mol. The molecule has 3 aromatic rings. The molecule has 0 fully saturated rings. The number of carbonyl (C=O) groups is 2. The summed E-state index contributed by atoms with van der Waals surface area (Å²) in [6, 6.07) is 14.5. The normalized spacial score (nSPS) is 10.6. The smallest absolute Gasteiger partial charge is 0.313 e. The summed E-state index contributed by atoms with van der Waals surface area (Å²) < 4.78 is 10.9. The Morgan fingerprint density at radius 3 is 2.70 bits per heavy atom. The van der Waals surface area contributed by atoms with Gasteiger partial charge in [-0.1, -0.05) is 29.8 Å². The Labute approximate surface area is 161 Å². The van der Waals surface area contributed by atoms with E-state index in [1.54, 1.807) is 12.1 Å². The summed E-state index contributed by atoms with van der Waals surface area (Å²) in [5.74, 6) is -0.232. The van der Waals surface area contributed by atoms with Gasteiger partial charge in [0, 0.05) is 23.4 Å². The molecule has 0 aliphatic carbocycles. The Balaban J connectivity index is 1.47. The van der Waals surface area contributed by atoms with E-state index >= 15 is 0 Å². The van der Waals surface area contributed by atoms with Gasteiger partial charge in [0.05, 0.1) is 12.8 Å². The van der Waals surface area contributed by atoms with E-state index in [1.807, 2.05) is 30.3 Å². The molecule has 2 amide bonds. The Morgan fingerprint density at radius 1 is 1.11 bits per heavy atom. The highest BCUT2D eigenvalue weighted by Crippen LogP contribution is 2.27. The fraction of sp³-hybridized carbons (Fsp3) is 0.200. The number of benzene rings is 2. The second kappa shape index (κ2) is 8.60. The van der Waals surface area contributed by atoms with Gasteiger partial charge in [0.1, 0.15) is 17.1 Å². The molecule has 1 aromatic heterocycles. The van der Waals surface area contributed by atoms with Crippen molar-refractivity contribution in [2.45, 2.75) is 12.8 Å². The van der Waals surface area contributed by atoms with Gasteiger partial charge in [0.2, 0.25) is 0 Å². The number of carbonyl (C=O) groups excluding carboxylic acids is 2. The summed E-state index contributed by atoms with van der Waals surface area (Å²) in [5.41, 5.74) is 1.18. The number of fused-ring (bicyclic) bond motifs is 1. The molecule has 6 nitrogen and oxygen atoms in total. The second-order valence-electron chi connectivity index (χ2n) is 5.91. The van der Waals surface area contributed by atoms with Gasteiger partial charge in [-0.3, -0.25) is 9.59 Å². The van der Waals surface area contributed by atoms with Crippen LogP contribution in [0.4, 0.5) is 5.69 Å². The molecule has 0 radical (unpaired) electrons. The number of methoxy groups -OCH3 is 1. The minimum absolute atomic E-state index is 0.340. The molecule has 3 rings (SSSR count). The van der Waals surface area contributed by atoms with Crippen molar-refractivity contribution in [3.8, 4) is 5.75 Å². The highest BCUT2D eigenvalue weighted by Gasteiger charge is 2.15. The fourth-order valence-electron chi connectivity index (χ4n) is 2.66. The minimum Gasteiger partial charge on any atom is -0.495 e. The van der Waals surface area contributed by atoms with Crippen LogP contribution in [-0.2, 0) is 16.0 Å². The van der Waals surface area contributed by atoms with Gasteiger partial charge in [-0.25, -0.2) is 0 Å². The van der Waals surface area contributed by atoms with E-state index in [4.69, 9.17) is 20.8 Å². The number of para-hydroxylation sites is 1. The molecular formula is C20H19ClN2O4. The monoisotopic (exact) mass is 386 g/mol. The van der Waals surface area contributed by atoms with Gasteiger partial charge in [-0.05, 0) is 36.8 Å². The minimum atomic E-state index is -0.778. The van der Waals surface area contributed by atoms with Crippen LogP contribution in [0.3, 0.4) is 0 Å².